The molecule has 2 saturated heterocycles. The van der Waals surface area contributed by atoms with Crippen LogP contribution in [0.4, 0.5) is 15.8 Å². The number of anilines is 2. The van der Waals surface area contributed by atoms with Crippen LogP contribution in [0.5, 0.6) is 0 Å². The molecule has 0 bridgehead atoms. The summed E-state index contributed by atoms with van der Waals surface area (Å²) >= 11 is 0. The highest BCUT2D eigenvalue weighted by Crippen LogP contribution is 2.28. The van der Waals surface area contributed by atoms with E-state index in [0.29, 0.717) is 18.8 Å². The van der Waals surface area contributed by atoms with E-state index >= 15 is 0 Å². The van der Waals surface area contributed by atoms with E-state index in [-0.39, 0.29) is 5.56 Å². The molecule has 0 aliphatic carbocycles. The Labute approximate surface area is 176 Å². The highest BCUT2D eigenvalue weighted by molar-refractivity contribution is 7.89. The number of hydrogen-bond donors (Lipinski definition) is 1. The van der Waals surface area contributed by atoms with Crippen molar-refractivity contribution in [3.8, 4) is 0 Å². The Bertz CT molecular complexity index is 1060. The second-order valence-electron chi connectivity index (χ2n) is 7.91. The van der Waals surface area contributed by atoms with Crippen molar-refractivity contribution in [1.82, 2.24) is 4.31 Å². The predicted octanol–water partition coefficient (Wildman–Crippen LogP) is 3.77. The van der Waals surface area contributed by atoms with Crippen LogP contribution in [0.25, 0.3) is 0 Å². The van der Waals surface area contributed by atoms with Crippen molar-refractivity contribution in [2.45, 2.75) is 37.5 Å². The van der Waals surface area contributed by atoms with Gasteiger partial charge in [-0.25, -0.2) is 12.8 Å². The molecule has 160 valence electrons. The minimum absolute atomic E-state index is 0.107. The van der Waals surface area contributed by atoms with Crippen LogP contribution in [0.2, 0.25) is 0 Å². The Morgan fingerprint density at radius 2 is 1.63 bits per heavy atom. The summed E-state index contributed by atoms with van der Waals surface area (Å²) in [6.45, 7) is 4.83. The molecule has 8 heteroatoms. The lowest BCUT2D eigenvalue weighted by Crippen LogP contribution is -2.29. The summed E-state index contributed by atoms with van der Waals surface area (Å²) in [5, 5.41) is 2.80. The number of sulfonamides is 1. The third kappa shape index (κ3) is 4.06. The first-order valence-electron chi connectivity index (χ1n) is 10.3. The predicted molar refractivity (Wildman–Crippen MR) is 115 cm³/mol. The molecule has 0 saturated carbocycles. The fourth-order valence-corrected chi connectivity index (χ4v) is 5.77. The zero-order valence-corrected chi connectivity index (χ0v) is 17.8. The van der Waals surface area contributed by atoms with Crippen molar-refractivity contribution in [2.75, 3.05) is 36.4 Å². The van der Waals surface area contributed by atoms with Crippen molar-refractivity contribution >= 4 is 27.3 Å². The summed E-state index contributed by atoms with van der Waals surface area (Å²) in [6.07, 6.45) is 3.89. The van der Waals surface area contributed by atoms with Crippen LogP contribution in [-0.2, 0) is 10.0 Å². The topological polar surface area (TPSA) is 69.7 Å². The molecule has 0 unspecified atom stereocenters. The van der Waals surface area contributed by atoms with Crippen LogP contribution in [0.1, 0.15) is 41.6 Å². The molecule has 2 aliphatic heterocycles. The molecule has 0 spiro atoms. The number of hydrogen-bond acceptors (Lipinski definition) is 4. The lowest BCUT2D eigenvalue weighted by Gasteiger charge is -2.21. The molecule has 4 rings (SSSR count). The van der Waals surface area contributed by atoms with Gasteiger partial charge >= 0.3 is 0 Å². The van der Waals surface area contributed by atoms with Crippen molar-refractivity contribution in [3.05, 3.63) is 53.3 Å². The maximum atomic E-state index is 14.3. The molecule has 6 nitrogen and oxygen atoms in total. The van der Waals surface area contributed by atoms with Gasteiger partial charge in [0.15, 0.2) is 0 Å². The largest absolute Gasteiger partial charge is 0.371 e. The van der Waals surface area contributed by atoms with Gasteiger partial charge in [0.05, 0.1) is 0 Å². The van der Waals surface area contributed by atoms with E-state index in [0.717, 1.165) is 49.3 Å². The van der Waals surface area contributed by atoms with Gasteiger partial charge in [-0.05, 0) is 74.6 Å². The van der Waals surface area contributed by atoms with E-state index in [1.807, 2.05) is 25.1 Å². The van der Waals surface area contributed by atoms with Crippen LogP contribution in [-0.4, -0.2) is 44.8 Å². The van der Waals surface area contributed by atoms with E-state index < -0.39 is 26.6 Å². The van der Waals surface area contributed by atoms with Gasteiger partial charge in [0, 0.05) is 43.1 Å². The summed E-state index contributed by atoms with van der Waals surface area (Å²) in [4.78, 5) is 14.6. The lowest BCUT2D eigenvalue weighted by molar-refractivity contribution is 0.102. The van der Waals surface area contributed by atoms with Crippen LogP contribution < -0.4 is 10.2 Å². The van der Waals surface area contributed by atoms with Gasteiger partial charge in [-0.3, -0.25) is 4.79 Å². The maximum absolute atomic E-state index is 14.3. The monoisotopic (exact) mass is 431 g/mol. The molecular formula is C22H26FN3O3S. The van der Waals surface area contributed by atoms with Crippen LogP contribution >= 0.6 is 0 Å². The molecule has 2 aromatic rings. The number of aryl methyl sites for hydroxylation is 1. The Morgan fingerprint density at radius 1 is 0.967 bits per heavy atom. The number of rotatable bonds is 5. The average Bonchev–Trinajstić information content (AvgIpc) is 3.43. The normalized spacial score (nSPS) is 17.5. The number of amides is 1. The van der Waals surface area contributed by atoms with Crippen molar-refractivity contribution in [3.63, 3.8) is 0 Å². The Kier molecular flexibility index (Phi) is 5.79. The molecule has 0 atom stereocenters. The fourth-order valence-electron chi connectivity index (χ4n) is 4.16. The summed E-state index contributed by atoms with van der Waals surface area (Å²) < 4.78 is 41.1. The first-order chi connectivity index (χ1) is 14.4. The van der Waals surface area contributed by atoms with Gasteiger partial charge in [0.2, 0.25) is 10.0 Å². The molecule has 30 heavy (non-hydrogen) atoms. The number of halogens is 1. The van der Waals surface area contributed by atoms with Crippen LogP contribution in [0.3, 0.4) is 0 Å². The Hall–Kier alpha value is -2.45. The van der Waals surface area contributed by atoms with E-state index in [9.17, 15) is 17.6 Å². The number of benzene rings is 2. The van der Waals surface area contributed by atoms with Crippen LogP contribution in [0, 0.1) is 12.7 Å². The highest BCUT2D eigenvalue weighted by atomic mass is 32.2. The Morgan fingerprint density at radius 3 is 2.30 bits per heavy atom. The third-order valence-electron chi connectivity index (χ3n) is 5.78. The molecule has 1 N–H and O–H groups in total. The van der Waals surface area contributed by atoms with Gasteiger partial charge in [-0.1, -0.05) is 0 Å². The SMILES string of the molecule is Cc1cc(NC(=O)c2ccc(F)c(S(=O)(=O)N3CCCC3)c2)ccc1N1CCCC1. The first kappa shape index (κ1) is 20.8. The second kappa shape index (κ2) is 8.35. The molecule has 2 fully saturated rings. The number of nitrogens with one attached hydrogen (secondary N) is 1. The summed E-state index contributed by atoms with van der Waals surface area (Å²) in [6, 6.07) is 9.20. The van der Waals surface area contributed by atoms with E-state index in [1.165, 1.54) is 23.2 Å². The molecule has 1 amide bonds. The zero-order valence-electron chi connectivity index (χ0n) is 17.0. The van der Waals surface area contributed by atoms with Crippen molar-refractivity contribution in [2.24, 2.45) is 0 Å². The quantitative estimate of drug-likeness (QED) is 0.782. The smallest absolute Gasteiger partial charge is 0.255 e. The van der Waals surface area contributed by atoms with E-state index in [2.05, 4.69) is 10.2 Å². The van der Waals surface area contributed by atoms with E-state index in [1.54, 1.807) is 0 Å². The van der Waals surface area contributed by atoms with Gasteiger partial charge in [-0.2, -0.15) is 4.31 Å². The van der Waals surface area contributed by atoms with Gasteiger partial charge in [0.25, 0.3) is 5.91 Å². The minimum Gasteiger partial charge on any atom is -0.371 e. The maximum Gasteiger partial charge on any atom is 0.255 e. The summed E-state index contributed by atoms with van der Waals surface area (Å²) in [5.74, 6) is -1.31. The minimum atomic E-state index is -3.95. The Balaban J connectivity index is 1.54. The van der Waals surface area contributed by atoms with Crippen molar-refractivity contribution in [1.29, 1.82) is 0 Å². The number of carbonyl (C=O) groups is 1. The second-order valence-corrected chi connectivity index (χ2v) is 9.81. The van der Waals surface area contributed by atoms with Crippen molar-refractivity contribution < 1.29 is 17.6 Å². The third-order valence-corrected chi connectivity index (χ3v) is 7.69. The molecular weight excluding hydrogens is 405 g/mol. The molecule has 0 aromatic heterocycles. The van der Waals surface area contributed by atoms with E-state index in [4.69, 9.17) is 0 Å². The fraction of sp³-hybridized carbons (Fsp3) is 0.409. The number of carbonyl (C=O) groups excluding carboxylic acids is 1. The first-order valence-corrected chi connectivity index (χ1v) is 11.8. The molecule has 2 aliphatic rings. The van der Waals surface area contributed by atoms with Crippen LogP contribution in [0.15, 0.2) is 41.3 Å². The standard InChI is InChI=1S/C22H26FN3O3S/c1-16-14-18(7-9-20(16)25-10-2-3-11-25)24-22(27)17-6-8-19(23)21(15-17)30(28,29)26-12-4-5-13-26/h6-9,14-15H,2-5,10-13H2,1H3,(H,24,27). The summed E-state index contributed by atoms with van der Waals surface area (Å²) in [7, 11) is -3.95. The zero-order chi connectivity index (χ0) is 21.3. The molecule has 0 radical (unpaired) electrons. The molecule has 2 aromatic carbocycles. The van der Waals surface area contributed by atoms with Gasteiger partial charge in [0.1, 0.15) is 10.7 Å². The van der Waals surface area contributed by atoms with Gasteiger partial charge < -0.3 is 10.2 Å². The lowest BCUT2D eigenvalue weighted by atomic mass is 10.1. The molecule has 2 heterocycles. The average molecular weight is 432 g/mol. The summed E-state index contributed by atoms with van der Waals surface area (Å²) in [5.41, 5.74) is 2.95. The van der Waals surface area contributed by atoms with Gasteiger partial charge in [-0.15, -0.1) is 0 Å². The number of nitrogens with zero attached hydrogens (tertiary/aromatic N) is 2. The highest BCUT2D eigenvalue weighted by Gasteiger charge is 2.30.